The SMILES string of the molecule is C[C@@H](CCc1ccccc1)NC(=O)COC(=O)c1ccc(Cl)c(S(N)(=O)=O)c1. The van der Waals surface area contributed by atoms with Gasteiger partial charge in [-0.15, -0.1) is 0 Å². The molecule has 2 aromatic carbocycles. The van der Waals surface area contributed by atoms with Crippen LogP contribution in [-0.4, -0.2) is 32.9 Å². The second-order valence-electron chi connectivity index (χ2n) is 6.26. The molecule has 0 aromatic heterocycles. The first-order valence-corrected chi connectivity index (χ1v) is 10.4. The minimum atomic E-state index is -4.08. The minimum absolute atomic E-state index is 0.0710. The maximum absolute atomic E-state index is 12.1. The van der Waals surface area contributed by atoms with E-state index in [0.29, 0.717) is 0 Å². The first-order valence-electron chi connectivity index (χ1n) is 8.49. The second-order valence-corrected chi connectivity index (χ2v) is 8.20. The van der Waals surface area contributed by atoms with Crippen molar-refractivity contribution in [2.45, 2.75) is 30.7 Å². The van der Waals surface area contributed by atoms with Crippen LogP contribution in [0.2, 0.25) is 5.02 Å². The Morgan fingerprint density at radius 2 is 1.86 bits per heavy atom. The number of aryl methyl sites for hydroxylation is 1. The summed E-state index contributed by atoms with van der Waals surface area (Å²) < 4.78 is 27.8. The van der Waals surface area contributed by atoms with E-state index in [-0.39, 0.29) is 21.5 Å². The molecule has 0 aliphatic rings. The number of carbonyl (C=O) groups is 2. The van der Waals surface area contributed by atoms with E-state index in [2.05, 4.69) is 5.32 Å². The summed E-state index contributed by atoms with van der Waals surface area (Å²) in [4.78, 5) is 23.6. The number of hydrogen-bond donors (Lipinski definition) is 2. The fourth-order valence-electron chi connectivity index (χ4n) is 2.48. The summed E-state index contributed by atoms with van der Waals surface area (Å²) in [6.07, 6.45) is 1.54. The summed E-state index contributed by atoms with van der Waals surface area (Å²) in [7, 11) is -4.08. The van der Waals surface area contributed by atoms with Crippen LogP contribution in [0.25, 0.3) is 0 Å². The summed E-state index contributed by atoms with van der Waals surface area (Å²) in [6, 6.07) is 13.3. The number of ether oxygens (including phenoxy) is 1. The Bertz CT molecular complexity index is 948. The topological polar surface area (TPSA) is 116 Å². The van der Waals surface area contributed by atoms with Crippen LogP contribution in [-0.2, 0) is 26.0 Å². The number of amides is 1. The molecular weight excluding hydrogens is 404 g/mol. The van der Waals surface area contributed by atoms with Crippen molar-refractivity contribution in [3.05, 3.63) is 64.7 Å². The molecule has 1 amide bonds. The fraction of sp³-hybridized carbons (Fsp3) is 0.263. The van der Waals surface area contributed by atoms with Crippen LogP contribution >= 0.6 is 11.6 Å². The molecule has 0 heterocycles. The Morgan fingerprint density at radius 1 is 1.18 bits per heavy atom. The number of nitrogens with one attached hydrogen (secondary N) is 1. The fourth-order valence-corrected chi connectivity index (χ4v) is 3.55. The molecule has 7 nitrogen and oxygen atoms in total. The monoisotopic (exact) mass is 424 g/mol. The van der Waals surface area contributed by atoms with Gasteiger partial charge in [-0.2, -0.15) is 0 Å². The summed E-state index contributed by atoms with van der Waals surface area (Å²) in [5, 5.41) is 7.69. The Labute approximate surface area is 168 Å². The van der Waals surface area contributed by atoms with Gasteiger partial charge in [0.15, 0.2) is 6.61 Å². The predicted octanol–water partition coefficient (Wildman–Crippen LogP) is 2.28. The van der Waals surface area contributed by atoms with Crippen molar-refractivity contribution in [3.63, 3.8) is 0 Å². The van der Waals surface area contributed by atoms with Gasteiger partial charge in [-0.25, -0.2) is 18.4 Å². The van der Waals surface area contributed by atoms with E-state index in [4.69, 9.17) is 21.5 Å². The normalized spacial score (nSPS) is 12.2. The smallest absolute Gasteiger partial charge is 0.338 e. The van der Waals surface area contributed by atoms with Gasteiger partial charge < -0.3 is 10.1 Å². The van der Waals surface area contributed by atoms with Gasteiger partial charge in [0, 0.05) is 6.04 Å². The number of nitrogens with two attached hydrogens (primary N) is 1. The predicted molar refractivity (Wildman–Crippen MR) is 105 cm³/mol. The van der Waals surface area contributed by atoms with Crippen LogP contribution < -0.4 is 10.5 Å². The van der Waals surface area contributed by atoms with E-state index in [9.17, 15) is 18.0 Å². The van der Waals surface area contributed by atoms with Crippen LogP contribution in [0.4, 0.5) is 0 Å². The van der Waals surface area contributed by atoms with Gasteiger partial charge in [0.05, 0.1) is 10.6 Å². The average Bonchev–Trinajstić information content (AvgIpc) is 2.64. The van der Waals surface area contributed by atoms with Crippen molar-refractivity contribution in [2.75, 3.05) is 6.61 Å². The maximum Gasteiger partial charge on any atom is 0.338 e. The highest BCUT2D eigenvalue weighted by atomic mass is 35.5. The van der Waals surface area contributed by atoms with Crippen LogP contribution in [0, 0.1) is 0 Å². The summed E-state index contributed by atoms with van der Waals surface area (Å²) >= 11 is 5.77. The lowest BCUT2D eigenvalue weighted by Crippen LogP contribution is -2.36. The zero-order chi connectivity index (χ0) is 20.7. The van der Waals surface area contributed by atoms with E-state index in [0.717, 1.165) is 18.9 Å². The van der Waals surface area contributed by atoms with Crippen LogP contribution in [0.5, 0.6) is 0 Å². The highest BCUT2D eigenvalue weighted by Gasteiger charge is 2.18. The third kappa shape index (κ3) is 6.63. The molecule has 0 fully saturated rings. The third-order valence-corrected chi connectivity index (χ3v) is 5.32. The van der Waals surface area contributed by atoms with Gasteiger partial charge in [-0.05, 0) is 43.5 Å². The van der Waals surface area contributed by atoms with Gasteiger partial charge in [-0.3, -0.25) is 4.79 Å². The molecule has 0 saturated heterocycles. The maximum atomic E-state index is 12.1. The van der Waals surface area contributed by atoms with Gasteiger partial charge >= 0.3 is 5.97 Å². The average molecular weight is 425 g/mol. The molecule has 0 saturated carbocycles. The number of sulfonamides is 1. The van der Waals surface area contributed by atoms with Crippen molar-refractivity contribution in [2.24, 2.45) is 5.14 Å². The molecule has 2 rings (SSSR count). The van der Waals surface area contributed by atoms with Gasteiger partial charge in [0.1, 0.15) is 4.90 Å². The Hall–Kier alpha value is -2.42. The summed E-state index contributed by atoms with van der Waals surface area (Å²) in [5.74, 6) is -1.30. The lowest BCUT2D eigenvalue weighted by atomic mass is 10.1. The minimum Gasteiger partial charge on any atom is -0.452 e. The standard InChI is InChI=1S/C19H21ClN2O5S/c1-13(7-8-14-5-3-2-4-6-14)22-18(23)12-27-19(24)15-9-10-16(20)17(11-15)28(21,25)26/h2-6,9-11,13H,7-8,12H2,1H3,(H,22,23)(H2,21,25,26)/t13-/m0/s1. The molecule has 2 aromatic rings. The van der Waals surface area contributed by atoms with Gasteiger partial charge in [0.25, 0.3) is 5.91 Å². The Balaban J connectivity index is 1.84. The molecule has 1 atom stereocenters. The van der Waals surface area contributed by atoms with Gasteiger partial charge in [0.2, 0.25) is 10.0 Å². The molecule has 0 bridgehead atoms. The Kier molecular flexibility index (Phi) is 7.56. The number of benzene rings is 2. The molecule has 0 aliphatic heterocycles. The molecule has 0 aliphatic carbocycles. The number of hydrogen-bond acceptors (Lipinski definition) is 5. The van der Waals surface area contributed by atoms with E-state index < -0.39 is 28.5 Å². The zero-order valence-corrected chi connectivity index (χ0v) is 16.8. The first-order chi connectivity index (χ1) is 13.2. The summed E-state index contributed by atoms with van der Waals surface area (Å²) in [5.41, 5.74) is 1.10. The van der Waals surface area contributed by atoms with Crippen LogP contribution in [0.3, 0.4) is 0 Å². The number of carbonyl (C=O) groups excluding carboxylic acids is 2. The zero-order valence-electron chi connectivity index (χ0n) is 15.2. The van der Waals surface area contributed by atoms with E-state index in [1.807, 2.05) is 37.3 Å². The van der Waals surface area contributed by atoms with Crippen molar-refractivity contribution < 1.29 is 22.7 Å². The highest BCUT2D eigenvalue weighted by molar-refractivity contribution is 7.89. The second kappa shape index (κ2) is 9.68. The molecular formula is C19H21ClN2O5S. The number of esters is 1. The summed E-state index contributed by atoms with van der Waals surface area (Å²) in [6.45, 7) is 1.38. The van der Waals surface area contributed by atoms with Crippen molar-refractivity contribution >= 4 is 33.5 Å². The molecule has 150 valence electrons. The number of primary sulfonamides is 1. The number of rotatable bonds is 8. The molecule has 0 radical (unpaired) electrons. The van der Waals surface area contributed by atoms with Crippen LogP contribution in [0.15, 0.2) is 53.4 Å². The molecule has 3 N–H and O–H groups in total. The number of halogens is 1. The van der Waals surface area contributed by atoms with Gasteiger partial charge in [-0.1, -0.05) is 41.9 Å². The van der Waals surface area contributed by atoms with Crippen LogP contribution in [0.1, 0.15) is 29.3 Å². The molecule has 0 spiro atoms. The van der Waals surface area contributed by atoms with Crippen molar-refractivity contribution in [3.8, 4) is 0 Å². The highest BCUT2D eigenvalue weighted by Crippen LogP contribution is 2.21. The largest absolute Gasteiger partial charge is 0.452 e. The molecule has 0 unspecified atom stereocenters. The van der Waals surface area contributed by atoms with E-state index in [1.54, 1.807) is 0 Å². The van der Waals surface area contributed by atoms with E-state index >= 15 is 0 Å². The molecule has 28 heavy (non-hydrogen) atoms. The quantitative estimate of drug-likeness (QED) is 0.630. The molecule has 9 heteroatoms. The van der Waals surface area contributed by atoms with Crippen molar-refractivity contribution in [1.29, 1.82) is 0 Å². The lowest BCUT2D eigenvalue weighted by Gasteiger charge is -2.14. The Morgan fingerprint density at radius 3 is 2.50 bits per heavy atom. The lowest BCUT2D eigenvalue weighted by molar-refractivity contribution is -0.124. The third-order valence-electron chi connectivity index (χ3n) is 3.92. The van der Waals surface area contributed by atoms with Crippen molar-refractivity contribution in [1.82, 2.24) is 5.32 Å². The first kappa shape index (κ1) is 21.9. The van der Waals surface area contributed by atoms with E-state index in [1.165, 1.54) is 17.7 Å².